The number of thioether (sulfide) groups is 1. The number of sulfonamides is 1. The Hall–Kier alpha value is -2.52. The number of amides is 2. The molecule has 0 unspecified atom stereocenters. The largest absolute Gasteiger partial charge is 0.326 e. The highest BCUT2D eigenvalue weighted by Gasteiger charge is 2.35. The molecule has 9 heteroatoms. The normalized spacial score (nSPS) is 20.6. The Bertz CT molecular complexity index is 1070. The number of nitrogens with zero attached hydrogens (tertiary/aromatic N) is 2. The zero-order chi connectivity index (χ0) is 21.3. The molecular weight excluding hydrogens is 422 g/mol. The quantitative estimate of drug-likeness (QED) is 0.715. The predicted octanol–water partition coefficient (Wildman–Crippen LogP) is 2.94. The summed E-state index contributed by atoms with van der Waals surface area (Å²) in [4.78, 5) is 27.9. The second-order valence-corrected chi connectivity index (χ2v) is 10.3. The summed E-state index contributed by atoms with van der Waals surface area (Å²) >= 11 is 1.60. The van der Waals surface area contributed by atoms with Gasteiger partial charge in [0, 0.05) is 35.8 Å². The molecule has 0 bridgehead atoms. The van der Waals surface area contributed by atoms with Gasteiger partial charge in [-0.25, -0.2) is 8.42 Å². The molecule has 2 fully saturated rings. The van der Waals surface area contributed by atoms with E-state index in [-0.39, 0.29) is 24.0 Å². The molecule has 1 N–H and O–H groups in total. The molecule has 0 saturated carbocycles. The zero-order valence-corrected chi connectivity index (χ0v) is 18.2. The first-order chi connectivity index (χ1) is 14.4. The fraction of sp³-hybridized carbons (Fsp3) is 0.333. The maximum Gasteiger partial charge on any atom is 0.235 e. The summed E-state index contributed by atoms with van der Waals surface area (Å²) < 4.78 is 25.5. The van der Waals surface area contributed by atoms with Crippen LogP contribution in [0.1, 0.15) is 12.8 Å². The van der Waals surface area contributed by atoms with Crippen molar-refractivity contribution in [3.63, 3.8) is 0 Å². The summed E-state index contributed by atoms with van der Waals surface area (Å²) in [5, 5.41) is 2.85. The minimum absolute atomic E-state index is 0.0667. The van der Waals surface area contributed by atoms with E-state index in [1.54, 1.807) is 40.9 Å². The molecule has 2 saturated heterocycles. The SMILES string of the molecule is CSc1cccc(N2C[C@H](C(=O)Nc3ccc(N4CCCS4(=O)=O)cc3)CC2=O)c1. The number of anilines is 3. The van der Waals surface area contributed by atoms with Crippen molar-refractivity contribution in [3.05, 3.63) is 48.5 Å². The number of hydrogen-bond acceptors (Lipinski definition) is 5. The average Bonchev–Trinajstić information content (AvgIpc) is 3.30. The van der Waals surface area contributed by atoms with E-state index in [0.717, 1.165) is 10.6 Å². The van der Waals surface area contributed by atoms with Gasteiger partial charge < -0.3 is 10.2 Å². The molecule has 0 aliphatic carbocycles. The standard InChI is InChI=1S/C21H23N3O4S2/c1-29-19-5-2-4-18(13-19)23-14-15(12-20(23)25)21(26)22-16-6-8-17(9-7-16)24-10-3-11-30(24,27)28/h2,4-9,13,15H,3,10-12,14H2,1H3,(H,22,26)/t15-/m1/s1. The van der Waals surface area contributed by atoms with Crippen LogP contribution in [0.2, 0.25) is 0 Å². The van der Waals surface area contributed by atoms with Gasteiger partial charge in [0.05, 0.1) is 17.4 Å². The van der Waals surface area contributed by atoms with E-state index in [0.29, 0.717) is 30.9 Å². The van der Waals surface area contributed by atoms with Gasteiger partial charge in [-0.1, -0.05) is 6.07 Å². The first-order valence-electron chi connectivity index (χ1n) is 9.73. The van der Waals surface area contributed by atoms with Crippen LogP contribution in [-0.4, -0.2) is 45.3 Å². The van der Waals surface area contributed by atoms with Crippen LogP contribution in [0.3, 0.4) is 0 Å². The Morgan fingerprint density at radius 2 is 1.90 bits per heavy atom. The Morgan fingerprint density at radius 1 is 1.13 bits per heavy atom. The highest BCUT2D eigenvalue weighted by molar-refractivity contribution is 7.98. The third-order valence-electron chi connectivity index (χ3n) is 5.38. The van der Waals surface area contributed by atoms with Crippen LogP contribution in [0.15, 0.2) is 53.4 Å². The molecule has 2 amide bonds. The molecule has 4 rings (SSSR count). The van der Waals surface area contributed by atoms with Crippen molar-refractivity contribution >= 4 is 50.7 Å². The van der Waals surface area contributed by atoms with Gasteiger partial charge in [-0.15, -0.1) is 11.8 Å². The number of carbonyl (C=O) groups is 2. The topological polar surface area (TPSA) is 86.8 Å². The summed E-state index contributed by atoms with van der Waals surface area (Å²) in [5.41, 5.74) is 1.98. The zero-order valence-electron chi connectivity index (χ0n) is 16.6. The van der Waals surface area contributed by atoms with Crippen molar-refractivity contribution in [2.24, 2.45) is 5.92 Å². The van der Waals surface area contributed by atoms with Crippen LogP contribution in [0.5, 0.6) is 0 Å². The molecule has 0 aromatic heterocycles. The average molecular weight is 446 g/mol. The Balaban J connectivity index is 1.41. The van der Waals surface area contributed by atoms with Crippen molar-refractivity contribution in [2.45, 2.75) is 17.7 Å². The van der Waals surface area contributed by atoms with E-state index in [9.17, 15) is 18.0 Å². The van der Waals surface area contributed by atoms with Gasteiger partial charge in [-0.3, -0.25) is 13.9 Å². The van der Waals surface area contributed by atoms with E-state index in [1.807, 2.05) is 30.5 Å². The lowest BCUT2D eigenvalue weighted by molar-refractivity contribution is -0.122. The van der Waals surface area contributed by atoms with Crippen molar-refractivity contribution in [1.29, 1.82) is 0 Å². The molecule has 2 aromatic rings. The highest BCUT2D eigenvalue weighted by atomic mass is 32.2. The third-order valence-corrected chi connectivity index (χ3v) is 7.98. The second kappa shape index (κ2) is 8.31. The Kier molecular flexibility index (Phi) is 5.75. The summed E-state index contributed by atoms with van der Waals surface area (Å²) in [5.74, 6) is -0.553. The number of hydrogen-bond donors (Lipinski definition) is 1. The molecule has 2 aliphatic heterocycles. The second-order valence-electron chi connectivity index (χ2n) is 7.38. The molecule has 1 atom stereocenters. The van der Waals surface area contributed by atoms with E-state index in [4.69, 9.17) is 0 Å². The van der Waals surface area contributed by atoms with Crippen LogP contribution >= 0.6 is 11.8 Å². The predicted molar refractivity (Wildman–Crippen MR) is 120 cm³/mol. The fourth-order valence-corrected chi connectivity index (χ4v) is 5.81. The number of nitrogens with one attached hydrogen (secondary N) is 1. The van der Waals surface area contributed by atoms with Gasteiger partial charge in [0.25, 0.3) is 0 Å². The molecular formula is C21H23N3O4S2. The minimum Gasteiger partial charge on any atom is -0.326 e. The van der Waals surface area contributed by atoms with E-state index in [1.165, 1.54) is 4.31 Å². The molecule has 2 aliphatic rings. The van der Waals surface area contributed by atoms with E-state index >= 15 is 0 Å². The van der Waals surface area contributed by atoms with Crippen molar-refractivity contribution < 1.29 is 18.0 Å². The first-order valence-corrected chi connectivity index (χ1v) is 12.6. The van der Waals surface area contributed by atoms with Crippen LogP contribution in [-0.2, 0) is 19.6 Å². The summed E-state index contributed by atoms with van der Waals surface area (Å²) in [7, 11) is -3.23. The Labute approximate surface area is 180 Å². The van der Waals surface area contributed by atoms with E-state index < -0.39 is 15.9 Å². The molecule has 2 aromatic carbocycles. The first kappa shape index (κ1) is 20.7. The van der Waals surface area contributed by atoms with Crippen LogP contribution < -0.4 is 14.5 Å². The molecule has 7 nitrogen and oxygen atoms in total. The lowest BCUT2D eigenvalue weighted by Gasteiger charge is -2.18. The lowest BCUT2D eigenvalue weighted by Crippen LogP contribution is -2.28. The van der Waals surface area contributed by atoms with Crippen molar-refractivity contribution in [2.75, 3.05) is 39.6 Å². The molecule has 0 radical (unpaired) electrons. The summed E-state index contributed by atoms with van der Waals surface area (Å²) in [6, 6.07) is 14.5. The van der Waals surface area contributed by atoms with Crippen LogP contribution in [0, 0.1) is 5.92 Å². The van der Waals surface area contributed by atoms with Gasteiger partial charge in [-0.2, -0.15) is 0 Å². The highest BCUT2D eigenvalue weighted by Crippen LogP contribution is 2.29. The maximum atomic E-state index is 12.7. The fourth-order valence-electron chi connectivity index (χ4n) is 3.80. The van der Waals surface area contributed by atoms with E-state index in [2.05, 4.69) is 5.32 Å². The lowest BCUT2D eigenvalue weighted by atomic mass is 10.1. The Morgan fingerprint density at radius 3 is 2.57 bits per heavy atom. The van der Waals surface area contributed by atoms with Crippen molar-refractivity contribution in [1.82, 2.24) is 0 Å². The molecule has 0 spiro atoms. The van der Waals surface area contributed by atoms with Gasteiger partial charge in [-0.05, 0) is 55.1 Å². The third kappa shape index (κ3) is 4.17. The van der Waals surface area contributed by atoms with Crippen molar-refractivity contribution in [3.8, 4) is 0 Å². The molecule has 30 heavy (non-hydrogen) atoms. The van der Waals surface area contributed by atoms with Crippen LogP contribution in [0.4, 0.5) is 17.1 Å². The summed E-state index contributed by atoms with van der Waals surface area (Å²) in [6.07, 6.45) is 2.76. The molecule has 158 valence electrons. The van der Waals surface area contributed by atoms with Gasteiger partial charge in [0.15, 0.2) is 0 Å². The maximum absolute atomic E-state index is 12.7. The number of rotatable bonds is 5. The molecule has 2 heterocycles. The monoisotopic (exact) mass is 445 g/mol. The van der Waals surface area contributed by atoms with Gasteiger partial charge in [0.1, 0.15) is 0 Å². The van der Waals surface area contributed by atoms with Crippen LogP contribution in [0.25, 0.3) is 0 Å². The summed E-state index contributed by atoms with van der Waals surface area (Å²) in [6.45, 7) is 0.818. The van der Waals surface area contributed by atoms with Gasteiger partial charge in [0.2, 0.25) is 21.8 Å². The van der Waals surface area contributed by atoms with Gasteiger partial charge >= 0.3 is 0 Å². The number of benzene rings is 2. The minimum atomic E-state index is -3.23. The number of carbonyl (C=O) groups excluding carboxylic acids is 2. The smallest absolute Gasteiger partial charge is 0.235 e.